The van der Waals surface area contributed by atoms with E-state index in [0.29, 0.717) is 33.9 Å². The van der Waals surface area contributed by atoms with Gasteiger partial charge in [0.25, 0.3) is 5.92 Å². The number of aromatic nitrogens is 3. The normalized spacial score (nSPS) is 19.8. The van der Waals surface area contributed by atoms with Crippen LogP contribution in [0.15, 0.2) is 54.9 Å². The quantitative estimate of drug-likeness (QED) is 0.232. The Kier molecular flexibility index (Phi) is 7.39. The molecule has 0 spiro atoms. The molecule has 6 rings (SSSR count). The molecular formula is C29H29F3N6O3S. The average molecular weight is 599 g/mol. The van der Waals surface area contributed by atoms with Gasteiger partial charge in [0.2, 0.25) is 21.9 Å². The van der Waals surface area contributed by atoms with E-state index in [1.165, 1.54) is 6.07 Å². The highest BCUT2D eigenvalue weighted by Crippen LogP contribution is 2.49. The number of nitrogens with one attached hydrogen (secondary N) is 3. The summed E-state index contributed by atoms with van der Waals surface area (Å²) in [5, 5.41) is 7.35. The van der Waals surface area contributed by atoms with E-state index in [1.54, 1.807) is 43.6 Å². The van der Waals surface area contributed by atoms with E-state index in [1.807, 2.05) is 6.07 Å². The molecule has 2 aliphatic rings. The molecule has 1 aliphatic heterocycles. The van der Waals surface area contributed by atoms with Crippen LogP contribution in [-0.4, -0.2) is 54.2 Å². The summed E-state index contributed by atoms with van der Waals surface area (Å²) >= 11 is 0. The Balaban J connectivity index is 1.32. The highest BCUT2D eigenvalue weighted by atomic mass is 32.2. The van der Waals surface area contributed by atoms with Crippen LogP contribution in [0.2, 0.25) is 0 Å². The SMILES string of the molecule is Cc1ccc2c(NS(=O)(=O)CC3CC3(F)F)c(F)ccc2c1Oc1ncccc1-c1ccnc(NC2CCCNC2)n1. The van der Waals surface area contributed by atoms with Crippen molar-refractivity contribution in [2.45, 2.75) is 38.2 Å². The van der Waals surface area contributed by atoms with Crippen molar-refractivity contribution in [1.82, 2.24) is 20.3 Å². The fourth-order valence-electron chi connectivity index (χ4n) is 5.11. The Hall–Kier alpha value is -3.97. The third-order valence-electron chi connectivity index (χ3n) is 7.46. The van der Waals surface area contributed by atoms with Gasteiger partial charge in [0.15, 0.2) is 0 Å². The number of alkyl halides is 2. The molecule has 13 heteroatoms. The van der Waals surface area contributed by atoms with Gasteiger partial charge in [-0.25, -0.2) is 36.5 Å². The van der Waals surface area contributed by atoms with Crippen molar-refractivity contribution < 1.29 is 26.3 Å². The molecule has 9 nitrogen and oxygen atoms in total. The molecule has 1 saturated heterocycles. The van der Waals surface area contributed by atoms with Crippen LogP contribution in [0.5, 0.6) is 11.6 Å². The predicted octanol–water partition coefficient (Wildman–Crippen LogP) is 5.49. The van der Waals surface area contributed by atoms with Crippen LogP contribution in [0.4, 0.5) is 24.8 Å². The van der Waals surface area contributed by atoms with Crippen molar-refractivity contribution in [3.05, 3.63) is 66.2 Å². The zero-order valence-corrected chi connectivity index (χ0v) is 23.5. The number of piperidine rings is 1. The topological polar surface area (TPSA) is 118 Å². The summed E-state index contributed by atoms with van der Waals surface area (Å²) in [4.78, 5) is 13.5. The van der Waals surface area contributed by atoms with Gasteiger partial charge in [-0.15, -0.1) is 0 Å². The standard InChI is InChI=1S/C29H29F3N6O3S/c1-17-6-7-20-21(8-9-23(30)25(20)38-42(39,40)16-18-14-29(18,31)32)26(17)41-27-22(5-3-12-34-27)24-10-13-35-28(37-24)36-19-4-2-11-33-15-19/h3,5-10,12-13,18-19,33,38H,2,4,11,14-16H2,1H3,(H,35,36,37). The minimum atomic E-state index is -4.24. The lowest BCUT2D eigenvalue weighted by Crippen LogP contribution is -2.38. The molecule has 1 aliphatic carbocycles. The molecule has 2 aromatic heterocycles. The number of hydrogen-bond donors (Lipinski definition) is 3. The largest absolute Gasteiger partial charge is 0.437 e. The minimum Gasteiger partial charge on any atom is -0.437 e. The first-order valence-corrected chi connectivity index (χ1v) is 15.3. The van der Waals surface area contributed by atoms with Crippen LogP contribution in [0, 0.1) is 18.7 Å². The van der Waals surface area contributed by atoms with Crippen LogP contribution in [-0.2, 0) is 10.0 Å². The molecule has 4 aromatic rings. The van der Waals surface area contributed by atoms with E-state index >= 15 is 0 Å². The van der Waals surface area contributed by atoms with Gasteiger partial charge in [-0.05, 0) is 62.2 Å². The summed E-state index contributed by atoms with van der Waals surface area (Å²) in [6.45, 7) is 3.61. The highest BCUT2D eigenvalue weighted by molar-refractivity contribution is 7.92. The molecule has 2 atom stereocenters. The zero-order chi connectivity index (χ0) is 29.5. The number of rotatable bonds is 9. The number of aryl methyl sites for hydroxylation is 1. The van der Waals surface area contributed by atoms with E-state index in [9.17, 15) is 21.6 Å². The smallest absolute Gasteiger partial charge is 0.252 e. The van der Waals surface area contributed by atoms with E-state index in [2.05, 4.69) is 30.3 Å². The van der Waals surface area contributed by atoms with E-state index in [0.717, 1.165) is 32.0 Å². The van der Waals surface area contributed by atoms with Crippen LogP contribution >= 0.6 is 0 Å². The molecule has 220 valence electrons. The van der Waals surface area contributed by atoms with Crippen molar-refractivity contribution in [2.75, 3.05) is 28.9 Å². The predicted molar refractivity (Wildman–Crippen MR) is 154 cm³/mol. The third-order valence-corrected chi connectivity index (χ3v) is 8.82. The second kappa shape index (κ2) is 11.0. The van der Waals surface area contributed by atoms with Crippen LogP contribution in [0.1, 0.15) is 24.8 Å². The zero-order valence-electron chi connectivity index (χ0n) is 22.7. The summed E-state index contributed by atoms with van der Waals surface area (Å²) in [5.41, 5.74) is 1.53. The Morgan fingerprint density at radius 3 is 2.67 bits per heavy atom. The molecule has 3 N–H and O–H groups in total. The molecular weight excluding hydrogens is 569 g/mol. The molecule has 0 bridgehead atoms. The van der Waals surface area contributed by atoms with Crippen molar-refractivity contribution in [2.24, 2.45) is 5.92 Å². The fourth-order valence-corrected chi connectivity index (χ4v) is 6.60. The van der Waals surface area contributed by atoms with Gasteiger partial charge < -0.3 is 15.4 Å². The number of nitrogens with zero attached hydrogens (tertiary/aromatic N) is 3. The first kappa shape index (κ1) is 28.2. The molecule has 2 fully saturated rings. The Labute approximate surface area is 241 Å². The Morgan fingerprint density at radius 2 is 1.90 bits per heavy atom. The third kappa shape index (κ3) is 5.97. The van der Waals surface area contributed by atoms with Gasteiger partial charge in [0.1, 0.15) is 11.6 Å². The monoisotopic (exact) mass is 598 g/mol. The van der Waals surface area contributed by atoms with E-state index < -0.39 is 39.9 Å². The number of benzene rings is 2. The lowest BCUT2D eigenvalue weighted by atomic mass is 10.0. The number of halogens is 3. The van der Waals surface area contributed by atoms with Crippen molar-refractivity contribution >= 4 is 32.4 Å². The average Bonchev–Trinajstić information content (AvgIpc) is 3.56. The van der Waals surface area contributed by atoms with Gasteiger partial charge in [0, 0.05) is 48.1 Å². The number of pyridine rings is 1. The number of ether oxygens (including phenoxy) is 1. The van der Waals surface area contributed by atoms with Gasteiger partial charge in [-0.1, -0.05) is 12.1 Å². The molecule has 2 aromatic carbocycles. The molecule has 42 heavy (non-hydrogen) atoms. The molecule has 0 radical (unpaired) electrons. The summed E-state index contributed by atoms with van der Waals surface area (Å²) in [7, 11) is -4.24. The maximum absolute atomic E-state index is 15.0. The minimum absolute atomic E-state index is 0.213. The number of fused-ring (bicyclic) bond motifs is 1. The van der Waals surface area contributed by atoms with Gasteiger partial charge in [-0.3, -0.25) is 4.72 Å². The lowest BCUT2D eigenvalue weighted by molar-refractivity contribution is 0.103. The number of hydrogen-bond acceptors (Lipinski definition) is 8. The number of sulfonamides is 1. The highest BCUT2D eigenvalue weighted by Gasteiger charge is 2.58. The Bertz CT molecular complexity index is 1750. The second-order valence-corrected chi connectivity index (χ2v) is 12.5. The maximum Gasteiger partial charge on any atom is 0.252 e. The van der Waals surface area contributed by atoms with Gasteiger partial charge in [0.05, 0.1) is 22.7 Å². The fraction of sp³-hybridized carbons (Fsp3) is 0.345. The second-order valence-electron chi connectivity index (χ2n) is 10.7. The lowest BCUT2D eigenvalue weighted by Gasteiger charge is -2.23. The van der Waals surface area contributed by atoms with Crippen molar-refractivity contribution in [3.8, 4) is 22.9 Å². The summed E-state index contributed by atoms with van der Waals surface area (Å²) in [6.07, 6.45) is 4.79. The van der Waals surface area contributed by atoms with Crippen LogP contribution in [0.25, 0.3) is 22.0 Å². The molecule has 2 unspecified atom stereocenters. The summed E-state index contributed by atoms with van der Waals surface area (Å²) in [6, 6.07) is 11.3. The molecule has 3 heterocycles. The van der Waals surface area contributed by atoms with E-state index in [4.69, 9.17) is 4.74 Å². The van der Waals surface area contributed by atoms with Crippen molar-refractivity contribution in [3.63, 3.8) is 0 Å². The summed E-state index contributed by atoms with van der Waals surface area (Å²) in [5.74, 6) is -4.88. The number of anilines is 2. The Morgan fingerprint density at radius 1 is 1.10 bits per heavy atom. The first-order valence-electron chi connectivity index (χ1n) is 13.6. The van der Waals surface area contributed by atoms with E-state index in [-0.39, 0.29) is 23.0 Å². The molecule has 1 saturated carbocycles. The maximum atomic E-state index is 15.0. The van der Waals surface area contributed by atoms with Gasteiger partial charge >= 0.3 is 0 Å². The van der Waals surface area contributed by atoms with Crippen LogP contribution in [0.3, 0.4) is 0 Å². The van der Waals surface area contributed by atoms with Crippen LogP contribution < -0.4 is 20.1 Å². The summed E-state index contributed by atoms with van der Waals surface area (Å²) < 4.78 is 75.5. The van der Waals surface area contributed by atoms with Crippen molar-refractivity contribution in [1.29, 1.82) is 0 Å². The first-order chi connectivity index (χ1) is 20.1. The molecule has 0 amide bonds. The van der Waals surface area contributed by atoms with Gasteiger partial charge in [-0.2, -0.15) is 0 Å².